The van der Waals surface area contributed by atoms with Crippen LogP contribution in [0.4, 0.5) is 18.9 Å². The molecule has 7 heteroatoms. The van der Waals surface area contributed by atoms with Crippen LogP contribution in [0.15, 0.2) is 23.3 Å². The quantitative estimate of drug-likeness (QED) is 0.619. The summed E-state index contributed by atoms with van der Waals surface area (Å²) in [6, 6.07) is 2.95. The van der Waals surface area contributed by atoms with E-state index in [9.17, 15) is 13.2 Å². The van der Waals surface area contributed by atoms with Gasteiger partial charge in [0.1, 0.15) is 5.69 Å². The molecule has 1 aromatic heterocycles. The summed E-state index contributed by atoms with van der Waals surface area (Å²) >= 11 is 4.68. The number of isothiocyanates is 1. The average molecular weight is 313 g/mol. The molecule has 2 bridgehead atoms. The minimum atomic E-state index is -4.41. The third-order valence-electron chi connectivity index (χ3n) is 4.38. The van der Waals surface area contributed by atoms with Crippen molar-refractivity contribution in [2.24, 2.45) is 16.8 Å². The first-order valence-corrected chi connectivity index (χ1v) is 7.25. The minimum absolute atomic E-state index is 0.183. The van der Waals surface area contributed by atoms with Gasteiger partial charge in [0, 0.05) is 25.0 Å². The number of hydrogen-bond donors (Lipinski definition) is 0. The topological polar surface area (TPSA) is 28.5 Å². The first-order chi connectivity index (χ1) is 9.99. The largest absolute Gasteiger partial charge is 0.433 e. The molecule has 1 saturated carbocycles. The van der Waals surface area contributed by atoms with E-state index in [0.29, 0.717) is 30.6 Å². The fraction of sp³-hybridized carbons (Fsp3) is 0.571. The maximum absolute atomic E-state index is 12.7. The molecule has 0 radical (unpaired) electrons. The van der Waals surface area contributed by atoms with Crippen LogP contribution >= 0.6 is 12.2 Å². The van der Waals surface area contributed by atoms with Crippen molar-refractivity contribution in [3.8, 4) is 0 Å². The SMILES string of the molecule is FC(F)(F)c1cc(N2C[C@H]3CC[C@@H](C2)[C@@H]3N=C=S)ccn1. The summed E-state index contributed by atoms with van der Waals surface area (Å²) in [5.74, 6) is 0.698. The number of halogens is 3. The normalized spacial score (nSPS) is 28.3. The van der Waals surface area contributed by atoms with Gasteiger partial charge in [-0.15, -0.1) is 0 Å². The highest BCUT2D eigenvalue weighted by molar-refractivity contribution is 7.78. The van der Waals surface area contributed by atoms with E-state index in [1.165, 1.54) is 6.20 Å². The zero-order valence-electron chi connectivity index (χ0n) is 11.2. The van der Waals surface area contributed by atoms with Gasteiger partial charge in [0.15, 0.2) is 0 Å². The fourth-order valence-corrected chi connectivity index (χ4v) is 3.57. The molecule has 1 saturated heterocycles. The third kappa shape index (κ3) is 2.80. The Bertz CT molecular complexity index is 569. The van der Waals surface area contributed by atoms with E-state index in [1.807, 2.05) is 4.90 Å². The average Bonchev–Trinajstić information content (AvgIpc) is 2.69. The molecule has 0 unspecified atom stereocenters. The molecule has 0 amide bonds. The Morgan fingerprint density at radius 3 is 2.52 bits per heavy atom. The Hall–Kier alpha value is -1.46. The lowest BCUT2D eigenvalue weighted by Crippen LogP contribution is -2.44. The summed E-state index contributed by atoms with van der Waals surface area (Å²) in [4.78, 5) is 9.66. The first-order valence-electron chi connectivity index (χ1n) is 6.84. The molecule has 0 spiro atoms. The number of anilines is 1. The summed E-state index contributed by atoms with van der Waals surface area (Å²) in [6.45, 7) is 1.42. The van der Waals surface area contributed by atoms with E-state index in [4.69, 9.17) is 0 Å². The van der Waals surface area contributed by atoms with Crippen LogP contribution in [-0.2, 0) is 6.18 Å². The lowest BCUT2D eigenvalue weighted by atomic mass is 9.92. The number of thiocarbonyl (C=S) groups is 1. The Labute approximate surface area is 125 Å². The molecule has 3 atom stereocenters. The lowest BCUT2D eigenvalue weighted by molar-refractivity contribution is -0.141. The van der Waals surface area contributed by atoms with Crippen molar-refractivity contribution in [3.63, 3.8) is 0 Å². The van der Waals surface area contributed by atoms with Crippen molar-refractivity contribution in [2.75, 3.05) is 18.0 Å². The summed E-state index contributed by atoms with van der Waals surface area (Å²) in [5.41, 5.74) is -0.259. The number of alkyl halides is 3. The highest BCUT2D eigenvalue weighted by atomic mass is 32.1. The van der Waals surface area contributed by atoms with Crippen LogP contribution in [0.2, 0.25) is 0 Å². The number of piperidine rings is 1. The van der Waals surface area contributed by atoms with Crippen LogP contribution in [0.1, 0.15) is 18.5 Å². The number of aliphatic imine (C=N–C) groups is 1. The molecule has 0 N–H and O–H groups in total. The van der Waals surface area contributed by atoms with Gasteiger partial charge < -0.3 is 4.90 Å². The smallest absolute Gasteiger partial charge is 0.371 e. The van der Waals surface area contributed by atoms with E-state index >= 15 is 0 Å². The molecule has 2 fully saturated rings. The van der Waals surface area contributed by atoms with Crippen LogP contribution in [0.25, 0.3) is 0 Å². The van der Waals surface area contributed by atoms with E-state index in [1.54, 1.807) is 6.07 Å². The molecule has 21 heavy (non-hydrogen) atoms. The maximum Gasteiger partial charge on any atom is 0.433 e. The number of nitrogens with zero attached hydrogens (tertiary/aromatic N) is 3. The molecule has 1 aromatic rings. The Balaban J connectivity index is 1.82. The van der Waals surface area contributed by atoms with Gasteiger partial charge in [-0.3, -0.25) is 4.98 Å². The summed E-state index contributed by atoms with van der Waals surface area (Å²) in [7, 11) is 0. The standard InChI is InChI=1S/C14H14F3N3S/c15-14(16,17)12-5-11(3-4-18-12)20-6-9-1-2-10(7-20)13(9)19-8-21/h3-5,9-10,13H,1-2,6-7H2/t9-,10+,13-. The van der Waals surface area contributed by atoms with Crippen molar-refractivity contribution in [1.29, 1.82) is 0 Å². The van der Waals surface area contributed by atoms with Crippen LogP contribution < -0.4 is 4.90 Å². The number of rotatable bonds is 2. The monoisotopic (exact) mass is 313 g/mol. The zero-order chi connectivity index (χ0) is 15.0. The van der Waals surface area contributed by atoms with Gasteiger partial charge in [-0.25, -0.2) is 4.99 Å². The second-order valence-electron chi connectivity index (χ2n) is 5.61. The lowest BCUT2D eigenvalue weighted by Gasteiger charge is -2.37. The van der Waals surface area contributed by atoms with Gasteiger partial charge in [-0.1, -0.05) is 0 Å². The van der Waals surface area contributed by atoms with Crippen LogP contribution in [0.3, 0.4) is 0 Å². The summed E-state index contributed by atoms with van der Waals surface area (Å²) < 4.78 is 38.2. The number of pyridine rings is 1. The second-order valence-corrected chi connectivity index (χ2v) is 5.79. The Morgan fingerprint density at radius 2 is 1.95 bits per heavy atom. The number of aromatic nitrogens is 1. The Morgan fingerprint density at radius 1 is 1.29 bits per heavy atom. The summed E-state index contributed by atoms with van der Waals surface area (Å²) in [5, 5.41) is 2.45. The molecule has 1 aliphatic heterocycles. The van der Waals surface area contributed by atoms with E-state index in [-0.39, 0.29) is 6.04 Å². The van der Waals surface area contributed by atoms with Crippen LogP contribution in [-0.4, -0.2) is 29.3 Å². The number of fused-ring (bicyclic) bond motifs is 2. The van der Waals surface area contributed by atoms with Gasteiger partial charge in [-0.2, -0.15) is 13.2 Å². The van der Waals surface area contributed by atoms with E-state index in [2.05, 4.69) is 27.4 Å². The van der Waals surface area contributed by atoms with Gasteiger partial charge in [0.25, 0.3) is 0 Å². The van der Waals surface area contributed by atoms with Gasteiger partial charge in [0.05, 0.1) is 11.2 Å². The third-order valence-corrected chi connectivity index (χ3v) is 4.49. The molecule has 1 aliphatic carbocycles. The molecule has 3 rings (SSSR count). The van der Waals surface area contributed by atoms with Crippen molar-refractivity contribution in [1.82, 2.24) is 4.98 Å². The Kier molecular flexibility index (Phi) is 3.71. The van der Waals surface area contributed by atoms with Crippen molar-refractivity contribution < 1.29 is 13.2 Å². The van der Waals surface area contributed by atoms with Crippen molar-refractivity contribution in [3.05, 3.63) is 24.0 Å². The van der Waals surface area contributed by atoms with E-state index < -0.39 is 11.9 Å². The minimum Gasteiger partial charge on any atom is -0.371 e. The predicted molar refractivity (Wildman–Crippen MR) is 76.5 cm³/mol. The van der Waals surface area contributed by atoms with Crippen LogP contribution in [0, 0.1) is 11.8 Å². The molecular weight excluding hydrogens is 299 g/mol. The molecule has 3 nitrogen and oxygen atoms in total. The highest BCUT2D eigenvalue weighted by Crippen LogP contribution is 2.41. The zero-order valence-corrected chi connectivity index (χ0v) is 12.0. The molecular formula is C14H14F3N3S. The molecule has 2 aliphatic rings. The van der Waals surface area contributed by atoms with Gasteiger partial charge in [-0.05, 0) is 49.0 Å². The second kappa shape index (κ2) is 5.39. The maximum atomic E-state index is 12.7. The molecule has 0 aromatic carbocycles. The molecule has 2 heterocycles. The van der Waals surface area contributed by atoms with E-state index in [0.717, 1.165) is 18.9 Å². The molecule has 112 valence electrons. The number of hydrogen-bond acceptors (Lipinski definition) is 4. The first kappa shape index (κ1) is 14.5. The van der Waals surface area contributed by atoms with Gasteiger partial charge >= 0.3 is 6.18 Å². The van der Waals surface area contributed by atoms with Crippen LogP contribution in [0.5, 0.6) is 0 Å². The predicted octanol–water partition coefficient (Wildman–Crippen LogP) is 3.42. The van der Waals surface area contributed by atoms with Crippen molar-refractivity contribution >= 4 is 23.1 Å². The fourth-order valence-electron chi connectivity index (χ4n) is 3.45. The van der Waals surface area contributed by atoms with Gasteiger partial charge in [0.2, 0.25) is 0 Å². The van der Waals surface area contributed by atoms with Crippen molar-refractivity contribution in [2.45, 2.75) is 25.1 Å². The summed E-state index contributed by atoms with van der Waals surface area (Å²) in [6.07, 6.45) is -1.09. The highest BCUT2D eigenvalue weighted by Gasteiger charge is 2.42.